The van der Waals surface area contributed by atoms with Gasteiger partial charge in [0.1, 0.15) is 0 Å². The number of hydrogen-bond donors (Lipinski definition) is 0. The molecule has 0 bridgehead atoms. The molecule has 0 unspecified atom stereocenters. The van der Waals surface area contributed by atoms with Gasteiger partial charge in [-0.1, -0.05) is 37.6 Å². The Hall–Kier alpha value is -3.02. The van der Waals surface area contributed by atoms with Crippen LogP contribution in [0.25, 0.3) is 0 Å². The minimum Gasteiger partial charge on any atom is -0.465 e. The van der Waals surface area contributed by atoms with Gasteiger partial charge in [-0.25, -0.2) is 4.79 Å². The van der Waals surface area contributed by atoms with Gasteiger partial charge in [-0.3, -0.25) is 4.79 Å². The van der Waals surface area contributed by atoms with Crippen LogP contribution in [0.5, 0.6) is 11.5 Å². The summed E-state index contributed by atoms with van der Waals surface area (Å²) in [6.45, 7) is 3.21. The Labute approximate surface area is 158 Å². The van der Waals surface area contributed by atoms with Crippen LogP contribution in [-0.4, -0.2) is 37.2 Å². The third-order valence-corrected chi connectivity index (χ3v) is 4.47. The van der Waals surface area contributed by atoms with E-state index in [1.165, 1.54) is 7.11 Å². The summed E-state index contributed by atoms with van der Waals surface area (Å²) >= 11 is 0. The molecule has 0 saturated heterocycles. The number of ether oxygens (including phenoxy) is 3. The number of fused-ring (bicyclic) bond motifs is 1. The van der Waals surface area contributed by atoms with Crippen LogP contribution in [0.1, 0.15) is 46.0 Å². The number of hydrogen-bond acceptors (Lipinski definition) is 5. The molecule has 0 atom stereocenters. The molecule has 1 heterocycles. The van der Waals surface area contributed by atoms with Crippen molar-refractivity contribution in [1.29, 1.82) is 0 Å². The summed E-state index contributed by atoms with van der Waals surface area (Å²) in [5.41, 5.74) is 1.49. The summed E-state index contributed by atoms with van der Waals surface area (Å²) in [7, 11) is 1.31. The van der Waals surface area contributed by atoms with E-state index in [-0.39, 0.29) is 18.3 Å². The van der Waals surface area contributed by atoms with Crippen molar-refractivity contribution in [2.45, 2.75) is 26.3 Å². The molecule has 2 aromatic rings. The maximum Gasteiger partial charge on any atom is 0.338 e. The highest BCUT2D eigenvalue weighted by atomic mass is 16.7. The van der Waals surface area contributed by atoms with Crippen LogP contribution in [0.4, 0.5) is 0 Å². The van der Waals surface area contributed by atoms with E-state index in [9.17, 15) is 9.59 Å². The fourth-order valence-electron chi connectivity index (χ4n) is 3.05. The minimum atomic E-state index is -0.522. The molecule has 0 N–H and O–H groups in total. The van der Waals surface area contributed by atoms with Gasteiger partial charge in [-0.15, -0.1) is 0 Å². The van der Waals surface area contributed by atoms with E-state index in [0.717, 1.165) is 18.4 Å². The zero-order chi connectivity index (χ0) is 19.2. The maximum atomic E-state index is 13.2. The van der Waals surface area contributed by atoms with E-state index >= 15 is 0 Å². The van der Waals surface area contributed by atoms with Crippen molar-refractivity contribution in [1.82, 2.24) is 4.90 Å². The average Bonchev–Trinajstić information content (AvgIpc) is 3.19. The molecule has 0 spiro atoms. The van der Waals surface area contributed by atoms with E-state index in [2.05, 4.69) is 6.92 Å². The molecular weight excluding hydrogens is 346 g/mol. The predicted octanol–water partition coefficient (Wildman–Crippen LogP) is 3.64. The van der Waals surface area contributed by atoms with Gasteiger partial charge in [-0.05, 0) is 24.6 Å². The number of para-hydroxylation sites is 1. The monoisotopic (exact) mass is 369 g/mol. The second-order valence-corrected chi connectivity index (χ2v) is 6.27. The Morgan fingerprint density at radius 2 is 1.85 bits per heavy atom. The van der Waals surface area contributed by atoms with Crippen molar-refractivity contribution in [2.24, 2.45) is 0 Å². The SMILES string of the molecule is CCCCN(Cc1cccc2c1OCO2)C(=O)c1ccccc1C(=O)OC. The van der Waals surface area contributed by atoms with E-state index < -0.39 is 5.97 Å². The summed E-state index contributed by atoms with van der Waals surface area (Å²) < 4.78 is 15.8. The number of nitrogens with zero attached hydrogens (tertiary/aromatic N) is 1. The molecule has 6 nitrogen and oxygen atoms in total. The van der Waals surface area contributed by atoms with Crippen LogP contribution < -0.4 is 9.47 Å². The smallest absolute Gasteiger partial charge is 0.338 e. The van der Waals surface area contributed by atoms with Crippen LogP contribution in [0.15, 0.2) is 42.5 Å². The molecule has 0 fully saturated rings. The van der Waals surface area contributed by atoms with Gasteiger partial charge in [0.15, 0.2) is 11.5 Å². The molecule has 6 heteroatoms. The lowest BCUT2D eigenvalue weighted by Crippen LogP contribution is -2.32. The van der Waals surface area contributed by atoms with Gasteiger partial charge in [0, 0.05) is 18.7 Å². The Morgan fingerprint density at radius 1 is 1.07 bits per heavy atom. The van der Waals surface area contributed by atoms with E-state index in [1.54, 1.807) is 29.2 Å². The molecule has 0 radical (unpaired) electrons. The van der Waals surface area contributed by atoms with E-state index in [4.69, 9.17) is 14.2 Å². The van der Waals surface area contributed by atoms with Gasteiger partial charge in [-0.2, -0.15) is 0 Å². The average molecular weight is 369 g/mol. The standard InChI is InChI=1S/C21H23NO5/c1-3-4-12-22(13-15-8-7-11-18-19(15)27-14-26-18)20(23)16-9-5-6-10-17(16)21(24)25-2/h5-11H,3-4,12-14H2,1-2H3. The molecule has 1 aliphatic heterocycles. The summed E-state index contributed by atoms with van der Waals surface area (Å²) in [6, 6.07) is 12.4. The van der Waals surface area contributed by atoms with Crippen molar-refractivity contribution >= 4 is 11.9 Å². The first-order chi connectivity index (χ1) is 13.2. The molecule has 0 saturated carbocycles. The lowest BCUT2D eigenvalue weighted by atomic mass is 10.1. The highest BCUT2D eigenvalue weighted by molar-refractivity contribution is 6.05. The van der Waals surface area contributed by atoms with E-state index in [0.29, 0.717) is 30.2 Å². The number of carbonyl (C=O) groups is 2. The Bertz CT molecular complexity index is 833. The molecule has 2 aromatic carbocycles. The number of methoxy groups -OCH3 is 1. The lowest BCUT2D eigenvalue weighted by molar-refractivity contribution is 0.0589. The zero-order valence-corrected chi connectivity index (χ0v) is 15.6. The zero-order valence-electron chi connectivity index (χ0n) is 15.6. The summed E-state index contributed by atoms with van der Waals surface area (Å²) in [5, 5.41) is 0. The van der Waals surface area contributed by atoms with Crippen LogP contribution in [0.3, 0.4) is 0 Å². The quantitative estimate of drug-likeness (QED) is 0.697. The third kappa shape index (κ3) is 4.05. The number of esters is 1. The van der Waals surface area contributed by atoms with Crippen LogP contribution in [-0.2, 0) is 11.3 Å². The fourth-order valence-corrected chi connectivity index (χ4v) is 3.05. The van der Waals surface area contributed by atoms with Crippen molar-refractivity contribution < 1.29 is 23.8 Å². The molecule has 0 aromatic heterocycles. The topological polar surface area (TPSA) is 65.1 Å². The Morgan fingerprint density at radius 3 is 2.59 bits per heavy atom. The Balaban J connectivity index is 1.91. The molecule has 1 aliphatic rings. The normalized spacial score (nSPS) is 11.9. The first kappa shape index (κ1) is 18.8. The fraction of sp³-hybridized carbons (Fsp3) is 0.333. The van der Waals surface area contributed by atoms with Gasteiger partial charge in [0.2, 0.25) is 6.79 Å². The number of amides is 1. The summed E-state index contributed by atoms with van der Waals surface area (Å²) in [4.78, 5) is 27.0. The maximum absolute atomic E-state index is 13.2. The van der Waals surface area contributed by atoms with Crippen LogP contribution in [0, 0.1) is 0 Å². The lowest BCUT2D eigenvalue weighted by Gasteiger charge is -2.24. The van der Waals surface area contributed by atoms with Crippen molar-refractivity contribution in [3.05, 3.63) is 59.2 Å². The third-order valence-electron chi connectivity index (χ3n) is 4.47. The second-order valence-electron chi connectivity index (χ2n) is 6.27. The second kappa shape index (κ2) is 8.58. The van der Waals surface area contributed by atoms with Gasteiger partial charge >= 0.3 is 5.97 Å². The van der Waals surface area contributed by atoms with Crippen molar-refractivity contribution in [2.75, 3.05) is 20.4 Å². The van der Waals surface area contributed by atoms with Crippen LogP contribution in [0.2, 0.25) is 0 Å². The summed E-state index contributed by atoms with van der Waals surface area (Å²) in [6.07, 6.45) is 1.81. The van der Waals surface area contributed by atoms with Gasteiger partial charge < -0.3 is 19.1 Å². The molecule has 3 rings (SSSR count). The highest BCUT2D eigenvalue weighted by Crippen LogP contribution is 2.36. The van der Waals surface area contributed by atoms with Crippen molar-refractivity contribution in [3.63, 3.8) is 0 Å². The number of carbonyl (C=O) groups excluding carboxylic acids is 2. The molecule has 1 amide bonds. The number of unbranched alkanes of at least 4 members (excludes halogenated alkanes) is 1. The van der Waals surface area contributed by atoms with E-state index in [1.807, 2.05) is 18.2 Å². The summed E-state index contributed by atoms with van der Waals surface area (Å²) in [5.74, 6) is 0.631. The largest absolute Gasteiger partial charge is 0.465 e. The first-order valence-electron chi connectivity index (χ1n) is 8.99. The Kier molecular flexibility index (Phi) is 5.96. The molecule has 142 valence electrons. The van der Waals surface area contributed by atoms with Crippen molar-refractivity contribution in [3.8, 4) is 11.5 Å². The number of rotatable bonds is 7. The molecule has 27 heavy (non-hydrogen) atoms. The minimum absolute atomic E-state index is 0.181. The number of benzene rings is 2. The first-order valence-corrected chi connectivity index (χ1v) is 8.99. The van der Waals surface area contributed by atoms with Gasteiger partial charge in [0.25, 0.3) is 5.91 Å². The van der Waals surface area contributed by atoms with Gasteiger partial charge in [0.05, 0.1) is 18.2 Å². The van der Waals surface area contributed by atoms with Crippen LogP contribution >= 0.6 is 0 Å². The predicted molar refractivity (Wildman–Crippen MR) is 100.0 cm³/mol. The molecule has 0 aliphatic carbocycles. The molecular formula is C21H23NO5. The highest BCUT2D eigenvalue weighted by Gasteiger charge is 2.25.